The van der Waals surface area contributed by atoms with Crippen LogP contribution < -0.4 is 0 Å². The van der Waals surface area contributed by atoms with E-state index >= 15 is 0 Å². The van der Waals surface area contributed by atoms with E-state index in [1.54, 1.807) is 18.3 Å². The van der Waals surface area contributed by atoms with E-state index in [9.17, 15) is 0 Å². The zero-order chi connectivity index (χ0) is 17.2. The average molecular weight is 342 g/mol. The molecule has 0 amide bonds. The van der Waals surface area contributed by atoms with E-state index in [4.69, 9.17) is 5.26 Å². The molecule has 0 bridgehead atoms. The molecule has 0 aliphatic rings. The van der Waals surface area contributed by atoms with Crippen LogP contribution in [0.5, 0.6) is 0 Å². The largest absolute Gasteiger partial charge is 0.338 e. The molecule has 4 nitrogen and oxygen atoms in total. The fraction of sp³-hybridized carbons (Fsp3) is 0.0500. The van der Waals surface area contributed by atoms with Crippen molar-refractivity contribution in [1.29, 1.82) is 5.26 Å². The van der Waals surface area contributed by atoms with Crippen LogP contribution in [0.25, 0.3) is 22.4 Å². The van der Waals surface area contributed by atoms with Gasteiger partial charge in [-0.3, -0.25) is 4.98 Å². The number of rotatable bonds is 3. The molecule has 2 heterocycles. The second kappa shape index (κ2) is 6.42. The highest BCUT2D eigenvalue weighted by atomic mass is 32.1. The monoisotopic (exact) mass is 342 g/mol. The lowest BCUT2D eigenvalue weighted by Crippen LogP contribution is -1.97. The molecule has 1 unspecified atom stereocenters. The number of nitrogens with one attached hydrogen (secondary N) is 1. The van der Waals surface area contributed by atoms with Gasteiger partial charge in [0.1, 0.15) is 5.82 Å². The predicted octanol–water partition coefficient (Wildman–Crippen LogP) is 4.52. The molecule has 0 fully saturated rings. The molecule has 0 aliphatic heterocycles. The zero-order valence-electron chi connectivity index (χ0n) is 13.2. The number of nitriles is 1. The van der Waals surface area contributed by atoms with E-state index in [2.05, 4.69) is 33.6 Å². The van der Waals surface area contributed by atoms with E-state index < -0.39 is 0 Å². The van der Waals surface area contributed by atoms with Crippen molar-refractivity contribution < 1.29 is 0 Å². The number of para-hydroxylation sites is 2. The SMILES string of the molecule is N#Cc1ccc(C(S)c2ccc(-c3nc4ccccc4[nH]3)cn2)cc1. The van der Waals surface area contributed by atoms with Gasteiger partial charge in [0, 0.05) is 11.8 Å². The zero-order valence-corrected chi connectivity index (χ0v) is 14.1. The van der Waals surface area contributed by atoms with E-state index in [0.29, 0.717) is 5.56 Å². The van der Waals surface area contributed by atoms with Crippen LogP contribution in [0.15, 0.2) is 66.9 Å². The Kier molecular flexibility index (Phi) is 3.96. The fourth-order valence-corrected chi connectivity index (χ4v) is 3.03. The lowest BCUT2D eigenvalue weighted by atomic mass is 10.1. The summed E-state index contributed by atoms with van der Waals surface area (Å²) in [6.45, 7) is 0. The van der Waals surface area contributed by atoms with E-state index in [-0.39, 0.29) is 5.25 Å². The van der Waals surface area contributed by atoms with Crippen LogP contribution in [-0.2, 0) is 0 Å². The molecular weight excluding hydrogens is 328 g/mol. The maximum absolute atomic E-state index is 8.89. The second-order valence-electron chi connectivity index (χ2n) is 5.71. The maximum Gasteiger partial charge on any atom is 0.140 e. The van der Waals surface area contributed by atoms with Crippen molar-refractivity contribution in [2.24, 2.45) is 0 Å². The Morgan fingerprint density at radius 2 is 1.80 bits per heavy atom. The number of nitrogens with zero attached hydrogens (tertiary/aromatic N) is 3. The molecule has 0 aliphatic carbocycles. The number of hydrogen-bond acceptors (Lipinski definition) is 4. The first-order valence-corrected chi connectivity index (χ1v) is 8.35. The topological polar surface area (TPSA) is 65.4 Å². The average Bonchev–Trinajstić information content (AvgIpc) is 3.12. The van der Waals surface area contributed by atoms with Gasteiger partial charge >= 0.3 is 0 Å². The van der Waals surface area contributed by atoms with Crippen LogP contribution in [0.1, 0.15) is 22.1 Å². The molecule has 4 rings (SSSR count). The van der Waals surface area contributed by atoms with Crippen LogP contribution in [0.3, 0.4) is 0 Å². The standard InChI is InChI=1S/C20H14N4S/c21-11-13-5-7-14(8-6-13)19(25)18-10-9-15(12-22-18)20-23-16-3-1-2-4-17(16)24-20/h1-10,12,19,25H,(H,23,24). The van der Waals surface area contributed by atoms with Gasteiger partial charge in [0.15, 0.2) is 0 Å². The third-order valence-corrected chi connectivity index (χ3v) is 4.65. The second-order valence-corrected chi connectivity index (χ2v) is 6.23. The molecule has 0 spiro atoms. The van der Waals surface area contributed by atoms with Gasteiger partial charge in [0.05, 0.1) is 33.6 Å². The van der Waals surface area contributed by atoms with Gasteiger partial charge in [-0.25, -0.2) is 4.98 Å². The van der Waals surface area contributed by atoms with Crippen molar-refractivity contribution in [2.75, 3.05) is 0 Å². The lowest BCUT2D eigenvalue weighted by Gasteiger charge is -2.11. The minimum absolute atomic E-state index is 0.141. The Bertz CT molecular complexity index is 1030. The molecule has 0 saturated heterocycles. The molecule has 1 N–H and O–H groups in total. The molecule has 120 valence electrons. The van der Waals surface area contributed by atoms with Crippen molar-refractivity contribution in [3.05, 3.63) is 83.7 Å². The van der Waals surface area contributed by atoms with Crippen LogP contribution >= 0.6 is 12.6 Å². The van der Waals surface area contributed by atoms with Gasteiger partial charge in [0.25, 0.3) is 0 Å². The summed E-state index contributed by atoms with van der Waals surface area (Å²) in [6.07, 6.45) is 1.81. The Hall–Kier alpha value is -3.10. The number of pyridine rings is 1. The van der Waals surface area contributed by atoms with Gasteiger partial charge in [-0.05, 0) is 42.0 Å². The number of aromatic nitrogens is 3. The summed E-state index contributed by atoms with van der Waals surface area (Å²) in [7, 11) is 0. The molecule has 4 aromatic rings. The van der Waals surface area contributed by atoms with Crippen LogP contribution in [0, 0.1) is 11.3 Å². The molecule has 1 atom stereocenters. The summed E-state index contributed by atoms with van der Waals surface area (Å²) in [5.41, 5.74) is 5.37. The van der Waals surface area contributed by atoms with Crippen LogP contribution in [0.2, 0.25) is 0 Å². The summed E-state index contributed by atoms with van der Waals surface area (Å²) in [5, 5.41) is 8.74. The number of H-pyrrole nitrogens is 1. The highest BCUT2D eigenvalue weighted by molar-refractivity contribution is 7.80. The lowest BCUT2D eigenvalue weighted by molar-refractivity contribution is 1.05. The highest BCUT2D eigenvalue weighted by Crippen LogP contribution is 2.28. The number of aromatic amines is 1. The quantitative estimate of drug-likeness (QED) is 0.538. The highest BCUT2D eigenvalue weighted by Gasteiger charge is 2.12. The Morgan fingerprint density at radius 3 is 2.48 bits per heavy atom. The fourth-order valence-electron chi connectivity index (χ4n) is 2.71. The summed E-state index contributed by atoms with van der Waals surface area (Å²) in [4.78, 5) is 12.4. The smallest absolute Gasteiger partial charge is 0.140 e. The van der Waals surface area contributed by atoms with Crippen molar-refractivity contribution in [1.82, 2.24) is 15.0 Å². The first-order valence-electron chi connectivity index (χ1n) is 7.84. The normalized spacial score (nSPS) is 12.0. The van der Waals surface area contributed by atoms with Crippen molar-refractivity contribution in [3.63, 3.8) is 0 Å². The molecule has 0 radical (unpaired) electrons. The number of thiol groups is 1. The van der Waals surface area contributed by atoms with E-state index in [1.807, 2.05) is 48.5 Å². The number of imidazole rings is 1. The van der Waals surface area contributed by atoms with E-state index in [0.717, 1.165) is 33.7 Å². The van der Waals surface area contributed by atoms with Gasteiger partial charge in [-0.1, -0.05) is 24.3 Å². The van der Waals surface area contributed by atoms with Gasteiger partial charge < -0.3 is 4.98 Å². The number of hydrogen-bond donors (Lipinski definition) is 2. The summed E-state index contributed by atoms with van der Waals surface area (Å²) in [6, 6.07) is 21.4. The summed E-state index contributed by atoms with van der Waals surface area (Å²) < 4.78 is 0. The predicted molar refractivity (Wildman–Crippen MR) is 101 cm³/mol. The van der Waals surface area contributed by atoms with Crippen molar-refractivity contribution >= 4 is 23.7 Å². The van der Waals surface area contributed by atoms with Gasteiger partial charge in [0.2, 0.25) is 0 Å². The molecule has 0 saturated carbocycles. The van der Waals surface area contributed by atoms with E-state index in [1.165, 1.54) is 0 Å². The van der Waals surface area contributed by atoms with Gasteiger partial charge in [-0.2, -0.15) is 17.9 Å². The van der Waals surface area contributed by atoms with Crippen LogP contribution in [-0.4, -0.2) is 15.0 Å². The minimum Gasteiger partial charge on any atom is -0.338 e. The summed E-state index contributed by atoms with van der Waals surface area (Å²) in [5.74, 6) is 0.800. The first kappa shape index (κ1) is 15.4. The Labute approximate surface area is 150 Å². The maximum atomic E-state index is 8.89. The van der Waals surface area contributed by atoms with Gasteiger partial charge in [-0.15, -0.1) is 0 Å². The van der Waals surface area contributed by atoms with Crippen LogP contribution in [0.4, 0.5) is 0 Å². The number of benzene rings is 2. The molecular formula is C20H14N4S. The van der Waals surface area contributed by atoms with Crippen molar-refractivity contribution in [3.8, 4) is 17.5 Å². The molecule has 25 heavy (non-hydrogen) atoms. The molecule has 2 aromatic carbocycles. The summed E-state index contributed by atoms with van der Waals surface area (Å²) >= 11 is 4.67. The third-order valence-electron chi connectivity index (χ3n) is 4.08. The number of fused-ring (bicyclic) bond motifs is 1. The third kappa shape index (κ3) is 3.00. The first-order chi connectivity index (χ1) is 12.2. The van der Waals surface area contributed by atoms with Crippen molar-refractivity contribution in [2.45, 2.75) is 5.25 Å². The Morgan fingerprint density at radius 1 is 1.00 bits per heavy atom. The molecule has 5 heteroatoms. The molecule has 2 aromatic heterocycles. The Balaban J connectivity index is 1.61. The minimum atomic E-state index is -0.141.